The third kappa shape index (κ3) is 2.89. The smallest absolute Gasteiger partial charge is 0.123 e. The van der Waals surface area contributed by atoms with Crippen LogP contribution in [0, 0.1) is 0 Å². The number of hydrogen-bond donors (Lipinski definition) is 1. The highest BCUT2D eigenvalue weighted by Gasteiger charge is 2.24. The van der Waals surface area contributed by atoms with Crippen molar-refractivity contribution in [2.75, 3.05) is 6.61 Å². The van der Waals surface area contributed by atoms with E-state index in [0.717, 1.165) is 30.8 Å². The molecule has 1 N–H and O–H groups in total. The van der Waals surface area contributed by atoms with Crippen molar-refractivity contribution in [3.63, 3.8) is 0 Å². The number of rotatable bonds is 4. The fourth-order valence-corrected chi connectivity index (χ4v) is 2.02. The van der Waals surface area contributed by atoms with Crippen molar-refractivity contribution < 1.29 is 14.6 Å². The molecule has 3 heteroatoms. The molecule has 0 amide bonds. The second-order valence-electron chi connectivity index (χ2n) is 4.11. The first kappa shape index (κ1) is 11.3. The van der Waals surface area contributed by atoms with Gasteiger partial charge < -0.3 is 14.6 Å². The van der Waals surface area contributed by atoms with Crippen LogP contribution >= 0.6 is 0 Å². The fraction of sp³-hybridized carbons (Fsp3) is 0.538. The number of ether oxygens (including phenoxy) is 2. The van der Waals surface area contributed by atoms with Crippen molar-refractivity contribution in [3.8, 4) is 11.5 Å². The van der Waals surface area contributed by atoms with Crippen molar-refractivity contribution in [1.82, 2.24) is 0 Å². The molecule has 0 aliphatic heterocycles. The summed E-state index contributed by atoms with van der Waals surface area (Å²) in [5, 5.41) is 9.41. The molecule has 1 aromatic rings. The van der Waals surface area contributed by atoms with Crippen LogP contribution in [0.1, 0.15) is 26.2 Å². The summed E-state index contributed by atoms with van der Waals surface area (Å²) in [6.07, 6.45) is 2.46. The van der Waals surface area contributed by atoms with Gasteiger partial charge in [0.15, 0.2) is 0 Å². The maximum atomic E-state index is 9.41. The molecule has 1 aromatic carbocycles. The molecule has 0 saturated heterocycles. The molecule has 16 heavy (non-hydrogen) atoms. The molecule has 2 unspecified atom stereocenters. The van der Waals surface area contributed by atoms with E-state index in [2.05, 4.69) is 0 Å². The van der Waals surface area contributed by atoms with E-state index in [-0.39, 0.29) is 12.2 Å². The van der Waals surface area contributed by atoms with Crippen LogP contribution in [0.2, 0.25) is 0 Å². The van der Waals surface area contributed by atoms with Crippen LogP contribution in [0.5, 0.6) is 11.5 Å². The van der Waals surface area contributed by atoms with E-state index in [1.165, 1.54) is 0 Å². The zero-order valence-electron chi connectivity index (χ0n) is 9.56. The van der Waals surface area contributed by atoms with Crippen molar-refractivity contribution >= 4 is 0 Å². The van der Waals surface area contributed by atoms with Crippen LogP contribution in [-0.4, -0.2) is 23.9 Å². The van der Waals surface area contributed by atoms with Crippen LogP contribution in [0.3, 0.4) is 0 Å². The molecule has 0 spiro atoms. The van der Waals surface area contributed by atoms with E-state index in [4.69, 9.17) is 9.47 Å². The number of benzene rings is 1. The summed E-state index contributed by atoms with van der Waals surface area (Å²) >= 11 is 0. The standard InChI is InChI=1S/C13H18O3/c1-2-15-11-4-3-5-12(9-11)16-13-7-6-10(14)8-13/h3-5,9-10,13-14H,2,6-8H2,1H3. The summed E-state index contributed by atoms with van der Waals surface area (Å²) in [7, 11) is 0. The molecule has 2 rings (SSSR count). The number of hydrogen-bond acceptors (Lipinski definition) is 3. The normalized spacial score (nSPS) is 24.4. The lowest BCUT2D eigenvalue weighted by Crippen LogP contribution is -2.13. The molecule has 2 atom stereocenters. The lowest BCUT2D eigenvalue weighted by atomic mass is 10.3. The van der Waals surface area contributed by atoms with Gasteiger partial charge in [-0.15, -0.1) is 0 Å². The molecule has 1 aliphatic carbocycles. The van der Waals surface area contributed by atoms with Gasteiger partial charge in [-0.2, -0.15) is 0 Å². The lowest BCUT2D eigenvalue weighted by molar-refractivity contribution is 0.149. The molecule has 3 nitrogen and oxygen atoms in total. The SMILES string of the molecule is CCOc1cccc(OC2CCC(O)C2)c1. The van der Waals surface area contributed by atoms with E-state index < -0.39 is 0 Å². The second-order valence-corrected chi connectivity index (χ2v) is 4.11. The highest BCUT2D eigenvalue weighted by molar-refractivity contribution is 5.33. The zero-order valence-corrected chi connectivity index (χ0v) is 9.56. The van der Waals surface area contributed by atoms with Crippen LogP contribution in [0.4, 0.5) is 0 Å². The van der Waals surface area contributed by atoms with Crippen molar-refractivity contribution in [1.29, 1.82) is 0 Å². The summed E-state index contributed by atoms with van der Waals surface area (Å²) in [5.74, 6) is 1.66. The summed E-state index contributed by atoms with van der Waals surface area (Å²) in [6, 6.07) is 7.66. The zero-order chi connectivity index (χ0) is 11.4. The lowest BCUT2D eigenvalue weighted by Gasteiger charge is -2.14. The van der Waals surface area contributed by atoms with Gasteiger partial charge in [0, 0.05) is 12.5 Å². The Bertz CT molecular complexity index is 338. The maximum absolute atomic E-state index is 9.41. The highest BCUT2D eigenvalue weighted by Crippen LogP contribution is 2.26. The monoisotopic (exact) mass is 222 g/mol. The van der Waals surface area contributed by atoms with Crippen LogP contribution < -0.4 is 9.47 Å². The van der Waals surface area contributed by atoms with Gasteiger partial charge in [-0.05, 0) is 31.9 Å². The molecule has 0 bridgehead atoms. The molecule has 88 valence electrons. The molecular weight excluding hydrogens is 204 g/mol. The molecule has 1 saturated carbocycles. The van der Waals surface area contributed by atoms with Crippen LogP contribution in [0.25, 0.3) is 0 Å². The average Bonchev–Trinajstić information content (AvgIpc) is 2.65. The van der Waals surface area contributed by atoms with E-state index in [1.807, 2.05) is 31.2 Å². The Morgan fingerprint density at radius 3 is 2.81 bits per heavy atom. The van der Waals surface area contributed by atoms with Crippen LogP contribution in [0.15, 0.2) is 24.3 Å². The van der Waals surface area contributed by atoms with Crippen molar-refractivity contribution in [3.05, 3.63) is 24.3 Å². The van der Waals surface area contributed by atoms with Gasteiger partial charge in [0.2, 0.25) is 0 Å². The third-order valence-corrected chi connectivity index (χ3v) is 2.78. The molecule has 1 fully saturated rings. The highest BCUT2D eigenvalue weighted by atomic mass is 16.5. The Kier molecular flexibility index (Phi) is 3.67. The van der Waals surface area contributed by atoms with Crippen molar-refractivity contribution in [2.45, 2.75) is 38.4 Å². The predicted molar refractivity (Wildman–Crippen MR) is 61.9 cm³/mol. The van der Waals surface area contributed by atoms with Crippen molar-refractivity contribution in [2.24, 2.45) is 0 Å². The number of aliphatic hydroxyl groups is 1. The summed E-state index contributed by atoms with van der Waals surface area (Å²) in [4.78, 5) is 0. The third-order valence-electron chi connectivity index (χ3n) is 2.78. The molecule has 0 radical (unpaired) electrons. The van der Waals surface area contributed by atoms with Gasteiger partial charge in [-0.3, -0.25) is 0 Å². The second kappa shape index (κ2) is 5.21. The van der Waals surface area contributed by atoms with Gasteiger partial charge >= 0.3 is 0 Å². The van der Waals surface area contributed by atoms with Gasteiger partial charge in [0.25, 0.3) is 0 Å². The molecule has 1 aliphatic rings. The first-order chi connectivity index (χ1) is 7.78. The average molecular weight is 222 g/mol. The van der Waals surface area contributed by atoms with Crippen LogP contribution in [-0.2, 0) is 0 Å². The summed E-state index contributed by atoms with van der Waals surface area (Å²) in [5.41, 5.74) is 0. The van der Waals surface area contributed by atoms with E-state index in [9.17, 15) is 5.11 Å². The first-order valence-electron chi connectivity index (χ1n) is 5.85. The van der Waals surface area contributed by atoms with Gasteiger partial charge in [0.1, 0.15) is 17.6 Å². The summed E-state index contributed by atoms with van der Waals surface area (Å²) in [6.45, 7) is 2.62. The Balaban J connectivity index is 1.95. The predicted octanol–water partition coefficient (Wildman–Crippen LogP) is 2.38. The minimum Gasteiger partial charge on any atom is -0.494 e. The molecular formula is C13H18O3. The van der Waals surface area contributed by atoms with E-state index in [0.29, 0.717) is 6.61 Å². The van der Waals surface area contributed by atoms with Gasteiger partial charge in [-0.25, -0.2) is 0 Å². The maximum Gasteiger partial charge on any atom is 0.123 e. The quantitative estimate of drug-likeness (QED) is 0.850. The Labute approximate surface area is 96.0 Å². The number of aliphatic hydroxyl groups excluding tert-OH is 1. The minimum atomic E-state index is -0.194. The van der Waals surface area contributed by atoms with E-state index >= 15 is 0 Å². The molecule has 0 aromatic heterocycles. The topological polar surface area (TPSA) is 38.7 Å². The fourth-order valence-electron chi connectivity index (χ4n) is 2.02. The summed E-state index contributed by atoms with van der Waals surface area (Å²) < 4.78 is 11.2. The Morgan fingerprint density at radius 2 is 2.12 bits per heavy atom. The van der Waals surface area contributed by atoms with Gasteiger partial charge in [-0.1, -0.05) is 6.07 Å². The van der Waals surface area contributed by atoms with E-state index in [1.54, 1.807) is 0 Å². The van der Waals surface area contributed by atoms with Gasteiger partial charge in [0.05, 0.1) is 12.7 Å². The Hall–Kier alpha value is -1.22. The first-order valence-corrected chi connectivity index (χ1v) is 5.85. The Morgan fingerprint density at radius 1 is 1.31 bits per heavy atom. The minimum absolute atomic E-state index is 0.145. The largest absolute Gasteiger partial charge is 0.494 e. The molecule has 0 heterocycles.